The van der Waals surface area contributed by atoms with Crippen molar-refractivity contribution < 1.29 is 14.3 Å². The zero-order valence-electron chi connectivity index (χ0n) is 15.8. The summed E-state index contributed by atoms with van der Waals surface area (Å²) in [7, 11) is 0. The fraction of sp³-hybridized carbons (Fsp3) is 0.125. The first kappa shape index (κ1) is 19.2. The predicted molar refractivity (Wildman–Crippen MR) is 113 cm³/mol. The van der Waals surface area contributed by atoms with Crippen molar-refractivity contribution in [2.45, 2.75) is 13.0 Å². The molecule has 0 aromatic heterocycles. The Balaban J connectivity index is 1.62. The number of hydrogen-bond donors (Lipinski definition) is 1. The zero-order chi connectivity index (χ0) is 19.8. The van der Waals surface area contributed by atoms with E-state index in [0.29, 0.717) is 23.8 Å². The number of hydrogen-bond acceptors (Lipinski definition) is 3. The number of nitrogens with one attached hydrogen (secondary N) is 1. The Morgan fingerprint density at radius 3 is 2.32 bits per heavy atom. The minimum absolute atomic E-state index is 0.248. The monoisotopic (exact) mass is 373 g/mol. The van der Waals surface area contributed by atoms with Crippen LogP contribution in [0.15, 0.2) is 91.5 Å². The smallest absolute Gasteiger partial charge is 0.265 e. The van der Waals surface area contributed by atoms with Gasteiger partial charge in [0.05, 0.1) is 5.69 Å². The van der Waals surface area contributed by atoms with Gasteiger partial charge >= 0.3 is 0 Å². The van der Waals surface area contributed by atoms with Gasteiger partial charge in [-0.05, 0) is 42.3 Å². The van der Waals surface area contributed by atoms with Crippen LogP contribution in [-0.4, -0.2) is 18.6 Å². The highest BCUT2D eigenvalue weighted by molar-refractivity contribution is 5.95. The van der Waals surface area contributed by atoms with E-state index in [2.05, 4.69) is 24.0 Å². The lowest BCUT2D eigenvalue weighted by atomic mass is 10.1. The normalized spacial score (nSPS) is 11.3. The molecule has 0 bridgehead atoms. The van der Waals surface area contributed by atoms with Crippen LogP contribution < -0.4 is 14.8 Å². The van der Waals surface area contributed by atoms with Gasteiger partial charge in [0.15, 0.2) is 6.10 Å². The fourth-order valence-electron chi connectivity index (χ4n) is 2.69. The van der Waals surface area contributed by atoms with Crippen LogP contribution in [0.25, 0.3) is 11.1 Å². The topological polar surface area (TPSA) is 47.6 Å². The van der Waals surface area contributed by atoms with E-state index in [-0.39, 0.29) is 5.91 Å². The second-order valence-corrected chi connectivity index (χ2v) is 6.24. The number of carbonyl (C=O) groups is 1. The van der Waals surface area contributed by atoms with Crippen LogP contribution >= 0.6 is 0 Å². The molecule has 0 aliphatic carbocycles. The van der Waals surface area contributed by atoms with Crippen molar-refractivity contribution in [1.82, 2.24) is 0 Å². The molecule has 0 heterocycles. The van der Waals surface area contributed by atoms with Crippen LogP contribution in [-0.2, 0) is 4.79 Å². The molecule has 4 nitrogen and oxygen atoms in total. The molecule has 0 aliphatic heterocycles. The van der Waals surface area contributed by atoms with Crippen molar-refractivity contribution in [3.8, 4) is 22.6 Å². The lowest BCUT2D eigenvalue weighted by molar-refractivity contribution is -0.122. The maximum atomic E-state index is 12.5. The number of rotatable bonds is 8. The molecule has 3 aromatic carbocycles. The Bertz CT molecular complexity index is 920. The summed E-state index contributed by atoms with van der Waals surface area (Å²) in [6.45, 7) is 5.72. The Morgan fingerprint density at radius 1 is 0.964 bits per heavy atom. The van der Waals surface area contributed by atoms with Crippen molar-refractivity contribution in [3.63, 3.8) is 0 Å². The quantitative estimate of drug-likeness (QED) is 0.543. The van der Waals surface area contributed by atoms with Crippen molar-refractivity contribution in [2.24, 2.45) is 0 Å². The number of carbonyl (C=O) groups excluding carboxylic acids is 1. The molecule has 3 rings (SSSR count). The van der Waals surface area contributed by atoms with Crippen molar-refractivity contribution >= 4 is 11.6 Å². The highest BCUT2D eigenvalue weighted by atomic mass is 16.5. The molecular weight excluding hydrogens is 350 g/mol. The molecule has 0 aliphatic rings. The molecule has 3 aromatic rings. The van der Waals surface area contributed by atoms with Gasteiger partial charge in [0, 0.05) is 0 Å². The number of ether oxygens (including phenoxy) is 2. The lowest BCUT2D eigenvalue weighted by Crippen LogP contribution is -2.30. The Hall–Kier alpha value is -3.53. The third-order valence-corrected chi connectivity index (χ3v) is 4.15. The third-order valence-electron chi connectivity index (χ3n) is 4.15. The first-order chi connectivity index (χ1) is 13.7. The van der Waals surface area contributed by atoms with E-state index >= 15 is 0 Å². The Morgan fingerprint density at radius 2 is 1.61 bits per heavy atom. The molecule has 1 unspecified atom stereocenters. The number of amides is 1. The molecule has 0 radical (unpaired) electrons. The second-order valence-electron chi connectivity index (χ2n) is 6.24. The van der Waals surface area contributed by atoms with Gasteiger partial charge in [-0.2, -0.15) is 0 Å². The van der Waals surface area contributed by atoms with Crippen LogP contribution in [0.2, 0.25) is 0 Å². The van der Waals surface area contributed by atoms with Gasteiger partial charge in [0.2, 0.25) is 0 Å². The largest absolute Gasteiger partial charge is 0.487 e. The number of benzene rings is 3. The van der Waals surface area contributed by atoms with E-state index in [1.165, 1.54) is 0 Å². The van der Waals surface area contributed by atoms with Crippen LogP contribution in [0, 0.1) is 0 Å². The fourth-order valence-corrected chi connectivity index (χ4v) is 2.69. The predicted octanol–water partition coefficient (Wildman–Crippen LogP) is 5.32. The van der Waals surface area contributed by atoms with Crippen molar-refractivity contribution in [1.29, 1.82) is 0 Å². The summed E-state index contributed by atoms with van der Waals surface area (Å²) in [5, 5.41) is 2.85. The van der Waals surface area contributed by atoms with E-state index < -0.39 is 6.10 Å². The molecule has 0 saturated carbocycles. The highest BCUT2D eigenvalue weighted by Gasteiger charge is 2.16. The Labute approximate surface area is 165 Å². The van der Waals surface area contributed by atoms with Crippen LogP contribution in [0.4, 0.5) is 5.69 Å². The summed E-state index contributed by atoms with van der Waals surface area (Å²) < 4.78 is 11.4. The highest BCUT2D eigenvalue weighted by Crippen LogP contribution is 2.25. The zero-order valence-corrected chi connectivity index (χ0v) is 15.8. The maximum Gasteiger partial charge on any atom is 0.265 e. The minimum atomic E-state index is -0.657. The SMILES string of the molecule is C=CCOc1ccccc1NC(=O)C(C)Oc1ccc(-c2ccccc2)cc1. The third kappa shape index (κ3) is 5.01. The van der Waals surface area contributed by atoms with Gasteiger partial charge in [-0.15, -0.1) is 0 Å². The van der Waals surface area contributed by atoms with Gasteiger partial charge in [-0.1, -0.05) is 67.3 Å². The number of anilines is 1. The van der Waals surface area contributed by atoms with Gasteiger partial charge in [-0.25, -0.2) is 0 Å². The summed E-state index contributed by atoms with van der Waals surface area (Å²) in [5.74, 6) is 0.982. The van der Waals surface area contributed by atoms with Gasteiger partial charge in [0.1, 0.15) is 18.1 Å². The van der Waals surface area contributed by atoms with Crippen molar-refractivity contribution in [3.05, 3.63) is 91.5 Å². The molecule has 28 heavy (non-hydrogen) atoms. The van der Waals surface area contributed by atoms with Gasteiger partial charge < -0.3 is 14.8 Å². The summed E-state index contributed by atoms with van der Waals surface area (Å²) in [6, 6.07) is 25.1. The molecule has 142 valence electrons. The molecule has 1 N–H and O–H groups in total. The molecule has 1 amide bonds. The van der Waals surface area contributed by atoms with E-state index in [0.717, 1.165) is 11.1 Å². The van der Waals surface area contributed by atoms with Crippen LogP contribution in [0.1, 0.15) is 6.92 Å². The molecule has 0 saturated heterocycles. The van der Waals surface area contributed by atoms with Gasteiger partial charge in [-0.3, -0.25) is 4.79 Å². The summed E-state index contributed by atoms with van der Waals surface area (Å²) in [4.78, 5) is 12.5. The Kier molecular flexibility index (Phi) is 6.47. The number of para-hydroxylation sites is 2. The minimum Gasteiger partial charge on any atom is -0.487 e. The first-order valence-electron chi connectivity index (χ1n) is 9.13. The van der Waals surface area contributed by atoms with Crippen molar-refractivity contribution in [2.75, 3.05) is 11.9 Å². The second kappa shape index (κ2) is 9.42. The molecule has 1 atom stereocenters. The molecule has 0 spiro atoms. The molecular formula is C24H23NO3. The van der Waals surface area contributed by atoms with Gasteiger partial charge in [0.25, 0.3) is 5.91 Å². The lowest BCUT2D eigenvalue weighted by Gasteiger charge is -2.16. The van der Waals surface area contributed by atoms with E-state index in [1.54, 1.807) is 25.1 Å². The van der Waals surface area contributed by atoms with Crippen LogP contribution in [0.5, 0.6) is 11.5 Å². The maximum absolute atomic E-state index is 12.5. The molecule has 4 heteroatoms. The van der Waals surface area contributed by atoms with Crippen LogP contribution in [0.3, 0.4) is 0 Å². The van der Waals surface area contributed by atoms with E-state index in [1.807, 2.05) is 54.6 Å². The summed E-state index contributed by atoms with van der Waals surface area (Å²) in [6.07, 6.45) is 0.999. The summed E-state index contributed by atoms with van der Waals surface area (Å²) >= 11 is 0. The average molecular weight is 373 g/mol. The molecule has 0 fully saturated rings. The first-order valence-corrected chi connectivity index (χ1v) is 9.13. The van der Waals surface area contributed by atoms with E-state index in [4.69, 9.17) is 9.47 Å². The van der Waals surface area contributed by atoms with E-state index in [9.17, 15) is 4.79 Å². The average Bonchev–Trinajstić information content (AvgIpc) is 2.74. The summed E-state index contributed by atoms with van der Waals surface area (Å²) in [5.41, 5.74) is 2.83. The standard InChI is InChI=1S/C24H23NO3/c1-3-17-27-23-12-8-7-11-22(23)25-24(26)18(2)28-21-15-13-20(14-16-21)19-9-5-4-6-10-19/h3-16,18H,1,17H2,2H3,(H,25,26).